The van der Waals surface area contributed by atoms with Crippen LogP contribution in [0.1, 0.15) is 15.9 Å². The minimum absolute atomic E-state index is 0.0666. The zero-order valence-corrected chi connectivity index (χ0v) is 10.3. The highest BCUT2D eigenvalue weighted by Gasteiger charge is 2.20. The maximum absolute atomic E-state index is 13.5. The molecule has 1 aromatic heterocycles. The van der Waals surface area contributed by atoms with Crippen molar-refractivity contribution in [3.05, 3.63) is 59.7 Å². The number of hydrogen-bond donors (Lipinski definition) is 0. The number of hydrogen-bond acceptors (Lipinski definition) is 4. The normalized spacial score (nSPS) is 10.0. The Morgan fingerprint density at radius 3 is 2.68 bits per heavy atom. The van der Waals surface area contributed by atoms with Gasteiger partial charge >= 0.3 is 5.97 Å². The molecule has 0 bridgehead atoms. The molecule has 0 aliphatic rings. The summed E-state index contributed by atoms with van der Waals surface area (Å²) in [4.78, 5) is 15.3. The molecule has 1 heterocycles. The maximum atomic E-state index is 13.5. The molecule has 1 aromatic carbocycles. The summed E-state index contributed by atoms with van der Waals surface area (Å²) in [6, 6.07) is 10.5. The lowest BCUT2D eigenvalue weighted by Gasteiger charge is -2.08. The largest absolute Gasteiger partial charge is 0.496 e. The molecule has 0 N–H and O–H groups in total. The highest BCUT2D eigenvalue weighted by atomic mass is 19.1. The lowest BCUT2D eigenvalue weighted by atomic mass is 10.2. The fraction of sp³-hybridized carbons (Fsp3) is 0.143. The van der Waals surface area contributed by atoms with Crippen LogP contribution < -0.4 is 4.74 Å². The number of halogens is 1. The number of carbonyl (C=O) groups is 1. The average Bonchev–Trinajstić information content (AvgIpc) is 2.45. The first-order valence-corrected chi connectivity index (χ1v) is 5.62. The lowest BCUT2D eigenvalue weighted by molar-refractivity contribution is 0.0462. The second kappa shape index (κ2) is 5.95. The van der Waals surface area contributed by atoms with E-state index in [1.807, 2.05) is 30.3 Å². The molecule has 0 aliphatic heterocycles. The van der Waals surface area contributed by atoms with Crippen LogP contribution >= 0.6 is 0 Å². The number of pyridine rings is 1. The minimum Gasteiger partial charge on any atom is -0.496 e. The molecular formula is C14H12FNO3. The Morgan fingerprint density at radius 1 is 1.26 bits per heavy atom. The molecular weight excluding hydrogens is 249 g/mol. The molecule has 0 spiro atoms. The van der Waals surface area contributed by atoms with Gasteiger partial charge in [0.2, 0.25) is 5.95 Å². The average molecular weight is 261 g/mol. The maximum Gasteiger partial charge on any atom is 0.346 e. The van der Waals surface area contributed by atoms with Gasteiger partial charge in [-0.3, -0.25) is 0 Å². The van der Waals surface area contributed by atoms with Crippen molar-refractivity contribution in [1.29, 1.82) is 0 Å². The van der Waals surface area contributed by atoms with E-state index in [0.29, 0.717) is 0 Å². The third-order valence-corrected chi connectivity index (χ3v) is 2.50. The van der Waals surface area contributed by atoms with E-state index in [1.165, 1.54) is 19.4 Å². The molecule has 0 radical (unpaired) electrons. The number of benzene rings is 1. The quantitative estimate of drug-likeness (QED) is 0.627. The van der Waals surface area contributed by atoms with Crippen LogP contribution in [0.4, 0.5) is 4.39 Å². The third kappa shape index (κ3) is 3.07. The van der Waals surface area contributed by atoms with Crippen LogP contribution in [0.25, 0.3) is 0 Å². The van der Waals surface area contributed by atoms with E-state index in [4.69, 9.17) is 9.47 Å². The third-order valence-electron chi connectivity index (χ3n) is 2.50. The highest BCUT2D eigenvalue weighted by Crippen LogP contribution is 2.20. The summed E-state index contributed by atoms with van der Waals surface area (Å²) in [6.45, 7) is 0.0666. The molecule has 5 heteroatoms. The summed E-state index contributed by atoms with van der Waals surface area (Å²) in [6.07, 6.45) is 1.22. The van der Waals surface area contributed by atoms with Crippen molar-refractivity contribution in [2.75, 3.05) is 7.11 Å². The molecule has 4 nitrogen and oxygen atoms in total. The number of rotatable bonds is 4. The van der Waals surface area contributed by atoms with Crippen LogP contribution in [-0.2, 0) is 11.3 Å². The van der Waals surface area contributed by atoms with Crippen molar-refractivity contribution in [3.8, 4) is 5.75 Å². The Morgan fingerprint density at radius 2 is 2.00 bits per heavy atom. The van der Waals surface area contributed by atoms with E-state index in [0.717, 1.165) is 5.56 Å². The Hall–Kier alpha value is -2.43. The monoisotopic (exact) mass is 261 g/mol. The van der Waals surface area contributed by atoms with Crippen LogP contribution in [0.15, 0.2) is 42.6 Å². The number of esters is 1. The van der Waals surface area contributed by atoms with Gasteiger partial charge in [0.15, 0.2) is 5.56 Å². The molecule has 2 aromatic rings. The first-order valence-electron chi connectivity index (χ1n) is 5.62. The first-order chi connectivity index (χ1) is 9.22. The fourth-order valence-electron chi connectivity index (χ4n) is 1.57. The van der Waals surface area contributed by atoms with Gasteiger partial charge in [-0.15, -0.1) is 0 Å². The van der Waals surface area contributed by atoms with Crippen molar-refractivity contribution in [3.63, 3.8) is 0 Å². The fourth-order valence-corrected chi connectivity index (χ4v) is 1.57. The van der Waals surface area contributed by atoms with Crippen LogP contribution in [0.3, 0.4) is 0 Å². The molecule has 98 valence electrons. The van der Waals surface area contributed by atoms with Gasteiger partial charge in [0, 0.05) is 6.20 Å². The number of methoxy groups -OCH3 is 1. The number of nitrogens with zero attached hydrogens (tertiary/aromatic N) is 1. The lowest BCUT2D eigenvalue weighted by Crippen LogP contribution is -2.10. The Labute approximate surface area is 109 Å². The van der Waals surface area contributed by atoms with Crippen LogP contribution in [0.2, 0.25) is 0 Å². The van der Waals surface area contributed by atoms with Gasteiger partial charge < -0.3 is 9.47 Å². The van der Waals surface area contributed by atoms with Gasteiger partial charge in [0.25, 0.3) is 0 Å². The predicted octanol–water partition coefficient (Wildman–Crippen LogP) is 2.59. The summed E-state index contributed by atoms with van der Waals surface area (Å²) in [5.74, 6) is -1.60. The van der Waals surface area contributed by atoms with Crippen molar-refractivity contribution >= 4 is 5.97 Å². The van der Waals surface area contributed by atoms with Crippen molar-refractivity contribution in [1.82, 2.24) is 4.98 Å². The van der Waals surface area contributed by atoms with Crippen molar-refractivity contribution in [2.24, 2.45) is 0 Å². The van der Waals surface area contributed by atoms with Gasteiger partial charge in [-0.25, -0.2) is 9.78 Å². The van der Waals surface area contributed by atoms with Gasteiger partial charge in [0.1, 0.15) is 12.4 Å². The second-order valence-electron chi connectivity index (χ2n) is 3.74. The molecule has 0 atom stereocenters. The molecule has 0 aliphatic carbocycles. The predicted molar refractivity (Wildman–Crippen MR) is 66.3 cm³/mol. The van der Waals surface area contributed by atoms with E-state index in [2.05, 4.69) is 4.98 Å². The number of aromatic nitrogens is 1. The smallest absolute Gasteiger partial charge is 0.346 e. The SMILES string of the molecule is COc1ccnc(F)c1C(=O)OCc1ccccc1. The number of ether oxygens (including phenoxy) is 2. The van der Waals surface area contributed by atoms with Gasteiger partial charge in [-0.2, -0.15) is 4.39 Å². The zero-order valence-electron chi connectivity index (χ0n) is 10.3. The zero-order chi connectivity index (χ0) is 13.7. The summed E-state index contributed by atoms with van der Waals surface area (Å²) in [5.41, 5.74) is 0.528. The summed E-state index contributed by atoms with van der Waals surface area (Å²) in [5, 5.41) is 0. The summed E-state index contributed by atoms with van der Waals surface area (Å²) < 4.78 is 23.5. The molecule has 0 amide bonds. The number of carbonyl (C=O) groups excluding carboxylic acids is 1. The first kappa shape index (κ1) is 13.0. The van der Waals surface area contributed by atoms with Gasteiger partial charge in [-0.05, 0) is 11.6 Å². The van der Waals surface area contributed by atoms with Crippen LogP contribution in [0, 0.1) is 5.95 Å². The van der Waals surface area contributed by atoms with Crippen LogP contribution in [0.5, 0.6) is 5.75 Å². The Kier molecular flexibility index (Phi) is 4.07. The molecule has 0 fully saturated rings. The molecule has 2 rings (SSSR count). The van der Waals surface area contributed by atoms with E-state index >= 15 is 0 Å². The Bertz CT molecular complexity index is 572. The van der Waals surface area contributed by atoms with Gasteiger partial charge in [-0.1, -0.05) is 30.3 Å². The second-order valence-corrected chi connectivity index (χ2v) is 3.74. The van der Waals surface area contributed by atoms with Crippen molar-refractivity contribution in [2.45, 2.75) is 6.61 Å². The van der Waals surface area contributed by atoms with E-state index < -0.39 is 11.9 Å². The summed E-state index contributed by atoms with van der Waals surface area (Å²) >= 11 is 0. The van der Waals surface area contributed by atoms with E-state index in [9.17, 15) is 9.18 Å². The highest BCUT2D eigenvalue weighted by molar-refractivity contribution is 5.92. The van der Waals surface area contributed by atoms with Gasteiger partial charge in [0.05, 0.1) is 7.11 Å². The van der Waals surface area contributed by atoms with E-state index in [1.54, 1.807) is 0 Å². The standard InChI is InChI=1S/C14H12FNO3/c1-18-11-7-8-16-13(15)12(11)14(17)19-9-10-5-3-2-4-6-10/h2-8H,9H2,1H3. The minimum atomic E-state index is -0.905. The topological polar surface area (TPSA) is 48.4 Å². The van der Waals surface area contributed by atoms with E-state index in [-0.39, 0.29) is 17.9 Å². The molecule has 0 saturated heterocycles. The molecule has 19 heavy (non-hydrogen) atoms. The molecule has 0 saturated carbocycles. The Balaban J connectivity index is 2.12. The van der Waals surface area contributed by atoms with Crippen molar-refractivity contribution < 1.29 is 18.7 Å². The summed E-state index contributed by atoms with van der Waals surface area (Å²) in [7, 11) is 1.35. The molecule has 0 unspecified atom stereocenters. The van der Waals surface area contributed by atoms with Crippen LogP contribution in [-0.4, -0.2) is 18.1 Å².